The van der Waals surface area contributed by atoms with Gasteiger partial charge in [-0.05, 0) is 17.2 Å². The van der Waals surface area contributed by atoms with E-state index in [1.54, 1.807) is 42.7 Å². The van der Waals surface area contributed by atoms with Crippen molar-refractivity contribution in [1.82, 2.24) is 9.88 Å². The van der Waals surface area contributed by atoms with Crippen LogP contribution < -0.4 is 0 Å². The lowest BCUT2D eigenvalue weighted by atomic mass is 9.95. The van der Waals surface area contributed by atoms with Crippen molar-refractivity contribution < 1.29 is 14.7 Å². The standard InChI is InChI=1S/C23H18N2O3/c26-21(18-11-5-2-6-12-18)19-20(17-9-3-1-4-10-17)25(23(28)22(19)27)15-16-8-7-13-24-14-16/h1-14,20,26H,15H2/b21-19+/t20-/m1/s1. The lowest BCUT2D eigenvalue weighted by Crippen LogP contribution is -2.29. The van der Waals surface area contributed by atoms with Crippen LogP contribution >= 0.6 is 0 Å². The average Bonchev–Trinajstić information content (AvgIpc) is 3.00. The van der Waals surface area contributed by atoms with Gasteiger partial charge in [0.1, 0.15) is 5.76 Å². The fraction of sp³-hybridized carbons (Fsp3) is 0.0870. The van der Waals surface area contributed by atoms with Crippen LogP contribution in [0.1, 0.15) is 22.7 Å². The van der Waals surface area contributed by atoms with E-state index < -0.39 is 17.7 Å². The number of Topliss-reactive ketones (excluding diaryl/α,β-unsaturated/α-hetero) is 1. The first kappa shape index (κ1) is 17.7. The summed E-state index contributed by atoms with van der Waals surface area (Å²) < 4.78 is 0. The van der Waals surface area contributed by atoms with Gasteiger partial charge in [0.05, 0.1) is 11.6 Å². The molecule has 0 spiro atoms. The molecular formula is C23H18N2O3. The number of aliphatic hydroxyl groups excluding tert-OH is 1. The number of benzene rings is 2. The maximum absolute atomic E-state index is 12.9. The molecule has 1 atom stereocenters. The zero-order chi connectivity index (χ0) is 19.5. The van der Waals surface area contributed by atoms with Crippen LogP contribution in [0.5, 0.6) is 0 Å². The summed E-state index contributed by atoms with van der Waals surface area (Å²) >= 11 is 0. The van der Waals surface area contributed by atoms with Crippen molar-refractivity contribution in [2.75, 3.05) is 0 Å². The molecule has 1 aliphatic rings. The van der Waals surface area contributed by atoms with E-state index in [0.717, 1.165) is 11.1 Å². The zero-order valence-corrected chi connectivity index (χ0v) is 15.0. The Labute approximate surface area is 162 Å². The second kappa shape index (κ2) is 7.48. The highest BCUT2D eigenvalue weighted by molar-refractivity contribution is 6.46. The van der Waals surface area contributed by atoms with Crippen molar-refractivity contribution in [3.8, 4) is 0 Å². The molecule has 0 aliphatic carbocycles. The van der Waals surface area contributed by atoms with Crippen molar-refractivity contribution in [1.29, 1.82) is 0 Å². The topological polar surface area (TPSA) is 70.5 Å². The Morgan fingerprint density at radius 1 is 0.929 bits per heavy atom. The molecule has 2 heterocycles. The summed E-state index contributed by atoms with van der Waals surface area (Å²) in [7, 11) is 0. The van der Waals surface area contributed by atoms with E-state index in [-0.39, 0.29) is 17.9 Å². The number of carbonyl (C=O) groups excluding carboxylic acids is 2. The minimum Gasteiger partial charge on any atom is -0.507 e. The van der Waals surface area contributed by atoms with E-state index in [2.05, 4.69) is 4.98 Å². The largest absolute Gasteiger partial charge is 0.507 e. The summed E-state index contributed by atoms with van der Waals surface area (Å²) in [5.41, 5.74) is 2.18. The van der Waals surface area contributed by atoms with Crippen molar-refractivity contribution >= 4 is 17.4 Å². The number of hydrogen-bond donors (Lipinski definition) is 1. The van der Waals surface area contributed by atoms with Gasteiger partial charge in [-0.3, -0.25) is 14.6 Å². The molecule has 0 unspecified atom stereocenters. The Morgan fingerprint density at radius 2 is 1.61 bits per heavy atom. The van der Waals surface area contributed by atoms with Gasteiger partial charge in [0.2, 0.25) is 0 Å². The van der Waals surface area contributed by atoms with Crippen LogP contribution in [0.2, 0.25) is 0 Å². The number of aliphatic hydroxyl groups is 1. The summed E-state index contributed by atoms with van der Waals surface area (Å²) in [5, 5.41) is 10.9. The van der Waals surface area contributed by atoms with Gasteiger partial charge in [0, 0.05) is 24.5 Å². The summed E-state index contributed by atoms with van der Waals surface area (Å²) in [6, 6.07) is 21.1. The molecule has 1 aliphatic heterocycles. The predicted molar refractivity (Wildman–Crippen MR) is 105 cm³/mol. The number of carbonyl (C=O) groups is 2. The lowest BCUT2D eigenvalue weighted by Gasteiger charge is -2.25. The average molecular weight is 370 g/mol. The number of nitrogens with zero attached hydrogens (tertiary/aromatic N) is 2. The van der Waals surface area contributed by atoms with Gasteiger partial charge in [-0.1, -0.05) is 66.7 Å². The number of likely N-dealkylation sites (tertiary alicyclic amines) is 1. The fourth-order valence-corrected chi connectivity index (χ4v) is 3.46. The molecule has 4 rings (SSSR count). The van der Waals surface area contributed by atoms with E-state index in [1.165, 1.54) is 4.90 Å². The van der Waals surface area contributed by atoms with Crippen LogP contribution in [0.3, 0.4) is 0 Å². The van der Waals surface area contributed by atoms with E-state index in [0.29, 0.717) is 5.56 Å². The van der Waals surface area contributed by atoms with Crippen LogP contribution in [0, 0.1) is 0 Å². The van der Waals surface area contributed by atoms with E-state index in [4.69, 9.17) is 0 Å². The van der Waals surface area contributed by atoms with Crippen LogP contribution in [0.15, 0.2) is 90.8 Å². The maximum atomic E-state index is 12.9. The molecule has 28 heavy (non-hydrogen) atoms. The Hall–Kier alpha value is -3.73. The molecule has 1 saturated heterocycles. The molecule has 1 fully saturated rings. The van der Waals surface area contributed by atoms with Crippen LogP contribution in [-0.4, -0.2) is 26.7 Å². The highest BCUT2D eigenvalue weighted by Crippen LogP contribution is 2.40. The molecular weight excluding hydrogens is 352 g/mol. The highest BCUT2D eigenvalue weighted by atomic mass is 16.3. The van der Waals surface area contributed by atoms with Crippen molar-refractivity contribution in [3.63, 3.8) is 0 Å². The minimum absolute atomic E-state index is 0.103. The summed E-state index contributed by atoms with van der Waals surface area (Å²) in [6.45, 7) is 0.226. The third-order valence-electron chi connectivity index (χ3n) is 4.78. The second-order valence-corrected chi connectivity index (χ2v) is 6.56. The van der Waals surface area contributed by atoms with E-state index >= 15 is 0 Å². The summed E-state index contributed by atoms with van der Waals surface area (Å²) in [4.78, 5) is 31.3. The molecule has 1 amide bonds. The van der Waals surface area contributed by atoms with Crippen molar-refractivity contribution in [2.24, 2.45) is 0 Å². The van der Waals surface area contributed by atoms with Gasteiger partial charge in [-0.2, -0.15) is 0 Å². The van der Waals surface area contributed by atoms with Gasteiger partial charge in [-0.25, -0.2) is 0 Å². The summed E-state index contributed by atoms with van der Waals surface area (Å²) in [5.74, 6) is -1.48. The Kier molecular flexibility index (Phi) is 4.72. The first-order valence-corrected chi connectivity index (χ1v) is 8.94. The molecule has 0 bridgehead atoms. The van der Waals surface area contributed by atoms with Gasteiger partial charge in [0.15, 0.2) is 0 Å². The number of ketones is 1. The lowest BCUT2D eigenvalue weighted by molar-refractivity contribution is -0.140. The number of rotatable bonds is 4. The molecule has 2 aromatic carbocycles. The van der Waals surface area contributed by atoms with Gasteiger partial charge in [-0.15, -0.1) is 0 Å². The number of amides is 1. The fourth-order valence-electron chi connectivity index (χ4n) is 3.46. The van der Waals surface area contributed by atoms with Gasteiger partial charge in [0.25, 0.3) is 11.7 Å². The second-order valence-electron chi connectivity index (χ2n) is 6.56. The van der Waals surface area contributed by atoms with E-state index in [9.17, 15) is 14.7 Å². The summed E-state index contributed by atoms with van der Waals surface area (Å²) in [6.07, 6.45) is 3.32. The monoisotopic (exact) mass is 370 g/mol. The minimum atomic E-state index is -0.681. The molecule has 0 radical (unpaired) electrons. The molecule has 5 heteroatoms. The van der Waals surface area contributed by atoms with E-state index in [1.807, 2.05) is 42.5 Å². The van der Waals surface area contributed by atoms with Gasteiger partial charge < -0.3 is 10.0 Å². The molecule has 1 N–H and O–H groups in total. The molecule has 138 valence electrons. The third-order valence-corrected chi connectivity index (χ3v) is 4.78. The first-order chi connectivity index (χ1) is 13.7. The van der Waals surface area contributed by atoms with Crippen LogP contribution in [-0.2, 0) is 16.1 Å². The number of hydrogen-bond acceptors (Lipinski definition) is 4. The smallest absolute Gasteiger partial charge is 0.295 e. The predicted octanol–water partition coefficient (Wildman–Crippen LogP) is 3.70. The SMILES string of the molecule is O=C1C(=O)N(Cc2cccnc2)[C@H](c2ccccc2)/C1=C(\O)c1ccccc1. The maximum Gasteiger partial charge on any atom is 0.295 e. The first-order valence-electron chi connectivity index (χ1n) is 8.94. The van der Waals surface area contributed by atoms with Gasteiger partial charge >= 0.3 is 0 Å². The third kappa shape index (κ3) is 3.18. The van der Waals surface area contributed by atoms with Crippen LogP contribution in [0.4, 0.5) is 0 Å². The van der Waals surface area contributed by atoms with Crippen molar-refractivity contribution in [2.45, 2.75) is 12.6 Å². The van der Waals surface area contributed by atoms with Crippen LogP contribution in [0.25, 0.3) is 5.76 Å². The molecule has 5 nitrogen and oxygen atoms in total. The van der Waals surface area contributed by atoms with Crippen molar-refractivity contribution in [3.05, 3.63) is 107 Å². The Morgan fingerprint density at radius 3 is 2.25 bits per heavy atom. The highest BCUT2D eigenvalue weighted by Gasteiger charge is 2.45. The normalized spacial score (nSPS) is 18.4. The zero-order valence-electron chi connectivity index (χ0n) is 15.0. The number of aromatic nitrogens is 1. The molecule has 1 aromatic heterocycles. The Bertz CT molecular complexity index is 1030. The Balaban J connectivity index is 1.85. The molecule has 0 saturated carbocycles. The molecule has 3 aromatic rings. The quantitative estimate of drug-likeness (QED) is 0.432. The number of pyridine rings is 1.